The van der Waals surface area contributed by atoms with Crippen LogP contribution in [0.4, 0.5) is 5.95 Å². The van der Waals surface area contributed by atoms with Crippen LogP contribution in [0.1, 0.15) is 20.7 Å². The highest BCUT2D eigenvalue weighted by atomic mass is 32.1. The Kier molecular flexibility index (Phi) is 4.96. The summed E-state index contributed by atoms with van der Waals surface area (Å²) in [5.41, 5.74) is 2.15. The van der Waals surface area contributed by atoms with E-state index >= 15 is 0 Å². The molecule has 0 saturated carbocycles. The summed E-state index contributed by atoms with van der Waals surface area (Å²) < 4.78 is 11.6. The Morgan fingerprint density at radius 1 is 1.03 bits per heavy atom. The van der Waals surface area contributed by atoms with E-state index in [4.69, 9.17) is 9.47 Å². The lowest BCUT2D eigenvalue weighted by Gasteiger charge is -2.06. The largest absolute Gasteiger partial charge is 0.497 e. The van der Waals surface area contributed by atoms with Crippen LogP contribution in [0.5, 0.6) is 5.75 Å². The van der Waals surface area contributed by atoms with Gasteiger partial charge in [-0.05, 0) is 36.4 Å². The second kappa shape index (κ2) is 7.72. The lowest BCUT2D eigenvalue weighted by atomic mass is 10.1. The molecule has 0 aliphatic carbocycles. The Balaban J connectivity index is 1.62. The zero-order valence-electron chi connectivity index (χ0n) is 15.6. The van der Waals surface area contributed by atoms with E-state index in [1.54, 1.807) is 29.8 Å². The number of carbonyl (C=O) groups excluding carboxylic acids is 2. The number of thiazole rings is 1. The van der Waals surface area contributed by atoms with Crippen LogP contribution in [-0.2, 0) is 4.74 Å². The Morgan fingerprint density at radius 3 is 2.45 bits per heavy atom. The van der Waals surface area contributed by atoms with Gasteiger partial charge in [-0.25, -0.2) is 9.31 Å². The molecule has 0 fully saturated rings. The molecule has 2 aromatic carbocycles. The lowest BCUT2D eigenvalue weighted by molar-refractivity contribution is 0.0597. The van der Waals surface area contributed by atoms with Gasteiger partial charge in [0.1, 0.15) is 5.75 Å². The normalized spacial score (nSPS) is 10.7. The van der Waals surface area contributed by atoms with Crippen molar-refractivity contribution in [3.8, 4) is 17.0 Å². The molecular formula is C20H16N4O4S. The summed E-state index contributed by atoms with van der Waals surface area (Å²) in [5.74, 6) is -0.168. The molecular weight excluding hydrogens is 392 g/mol. The fourth-order valence-corrected chi connectivity index (χ4v) is 3.66. The molecule has 0 spiro atoms. The molecule has 0 atom stereocenters. The summed E-state index contributed by atoms with van der Waals surface area (Å²) in [6, 6.07) is 14.0. The topological polar surface area (TPSA) is 94.8 Å². The van der Waals surface area contributed by atoms with Crippen LogP contribution in [-0.4, -0.2) is 40.7 Å². The average molecular weight is 408 g/mol. The number of amides is 1. The van der Waals surface area contributed by atoms with E-state index < -0.39 is 11.9 Å². The maximum Gasteiger partial charge on any atom is 0.338 e. The summed E-state index contributed by atoms with van der Waals surface area (Å²) in [5, 5.41) is 8.98. The molecule has 1 amide bonds. The van der Waals surface area contributed by atoms with Crippen molar-refractivity contribution in [2.45, 2.75) is 0 Å². The van der Waals surface area contributed by atoms with Crippen molar-refractivity contribution < 1.29 is 19.1 Å². The smallest absolute Gasteiger partial charge is 0.338 e. The van der Waals surface area contributed by atoms with Crippen LogP contribution in [0.3, 0.4) is 0 Å². The van der Waals surface area contributed by atoms with E-state index in [9.17, 15) is 9.59 Å². The monoisotopic (exact) mass is 408 g/mol. The molecule has 0 saturated heterocycles. The van der Waals surface area contributed by atoms with Gasteiger partial charge in [-0.3, -0.25) is 10.1 Å². The van der Waals surface area contributed by atoms with E-state index in [1.165, 1.54) is 24.5 Å². The number of nitrogens with zero attached hydrogens (tertiary/aromatic N) is 3. The Morgan fingerprint density at radius 2 is 1.76 bits per heavy atom. The number of methoxy groups -OCH3 is 2. The predicted octanol–water partition coefficient (Wildman–Crippen LogP) is 3.51. The molecule has 0 aliphatic heterocycles. The molecule has 0 bridgehead atoms. The van der Waals surface area contributed by atoms with Gasteiger partial charge in [-0.2, -0.15) is 4.98 Å². The van der Waals surface area contributed by atoms with E-state index in [2.05, 4.69) is 15.4 Å². The van der Waals surface area contributed by atoms with Crippen LogP contribution >= 0.6 is 11.3 Å². The molecule has 0 aliphatic rings. The third-order valence-corrected chi connectivity index (χ3v) is 5.09. The first-order valence-electron chi connectivity index (χ1n) is 8.58. The number of esters is 1. The van der Waals surface area contributed by atoms with E-state index in [0.717, 1.165) is 17.0 Å². The predicted molar refractivity (Wildman–Crippen MR) is 109 cm³/mol. The number of aromatic nitrogens is 3. The fourth-order valence-electron chi connectivity index (χ4n) is 2.83. The molecule has 0 radical (unpaired) electrons. The summed E-state index contributed by atoms with van der Waals surface area (Å²) in [7, 11) is 2.88. The number of ether oxygens (including phenoxy) is 2. The van der Waals surface area contributed by atoms with Crippen molar-refractivity contribution in [3.05, 3.63) is 65.0 Å². The SMILES string of the molecule is COC(=O)c1ccccc1C(=O)Nc1nc2scc(-c3ccc(OC)cc3)n2n1. The van der Waals surface area contributed by atoms with Gasteiger partial charge in [-0.1, -0.05) is 12.1 Å². The van der Waals surface area contributed by atoms with Gasteiger partial charge in [0.15, 0.2) is 0 Å². The van der Waals surface area contributed by atoms with E-state index in [0.29, 0.717) is 4.96 Å². The molecule has 4 aromatic rings. The molecule has 146 valence electrons. The van der Waals surface area contributed by atoms with E-state index in [1.807, 2.05) is 29.6 Å². The van der Waals surface area contributed by atoms with E-state index in [-0.39, 0.29) is 17.1 Å². The third-order valence-electron chi connectivity index (χ3n) is 4.27. The van der Waals surface area contributed by atoms with Crippen molar-refractivity contribution in [3.63, 3.8) is 0 Å². The minimum Gasteiger partial charge on any atom is -0.497 e. The zero-order valence-corrected chi connectivity index (χ0v) is 16.4. The Bertz CT molecular complexity index is 1200. The van der Waals surface area contributed by atoms with Gasteiger partial charge in [0.2, 0.25) is 4.96 Å². The summed E-state index contributed by atoms with van der Waals surface area (Å²) in [6.45, 7) is 0. The average Bonchev–Trinajstić information content (AvgIpc) is 3.33. The third kappa shape index (κ3) is 3.55. The number of rotatable bonds is 5. The highest BCUT2D eigenvalue weighted by molar-refractivity contribution is 7.15. The van der Waals surface area contributed by atoms with Crippen molar-refractivity contribution in [2.75, 3.05) is 19.5 Å². The summed E-state index contributed by atoms with van der Waals surface area (Å²) in [6.07, 6.45) is 0. The minimum atomic E-state index is -0.587. The molecule has 29 heavy (non-hydrogen) atoms. The first kappa shape index (κ1) is 18.6. The minimum absolute atomic E-state index is 0.149. The Hall–Kier alpha value is -3.72. The molecule has 2 heterocycles. The van der Waals surface area contributed by atoms with Crippen LogP contribution < -0.4 is 10.1 Å². The van der Waals surface area contributed by atoms with Gasteiger partial charge in [0, 0.05) is 10.9 Å². The molecule has 9 heteroatoms. The molecule has 2 aromatic heterocycles. The maximum atomic E-state index is 12.7. The number of hydrogen-bond acceptors (Lipinski definition) is 7. The van der Waals surface area contributed by atoms with Crippen LogP contribution in [0.15, 0.2) is 53.9 Å². The van der Waals surface area contributed by atoms with Crippen LogP contribution in [0.25, 0.3) is 16.2 Å². The number of hydrogen-bond donors (Lipinski definition) is 1. The zero-order chi connectivity index (χ0) is 20.4. The number of nitrogens with one attached hydrogen (secondary N) is 1. The number of anilines is 1. The number of carbonyl (C=O) groups is 2. The van der Waals surface area contributed by atoms with Gasteiger partial charge in [0.05, 0.1) is 31.0 Å². The Labute approximate surface area is 169 Å². The molecule has 1 N–H and O–H groups in total. The quantitative estimate of drug-likeness (QED) is 0.508. The first-order valence-corrected chi connectivity index (χ1v) is 9.46. The summed E-state index contributed by atoms with van der Waals surface area (Å²) in [4.78, 5) is 29.5. The van der Waals surface area contributed by atoms with Gasteiger partial charge >= 0.3 is 5.97 Å². The second-order valence-electron chi connectivity index (χ2n) is 5.97. The van der Waals surface area contributed by atoms with Crippen molar-refractivity contribution in [1.29, 1.82) is 0 Å². The van der Waals surface area contributed by atoms with Crippen LogP contribution in [0.2, 0.25) is 0 Å². The van der Waals surface area contributed by atoms with Gasteiger partial charge in [0.25, 0.3) is 11.9 Å². The molecule has 4 rings (SSSR count). The van der Waals surface area contributed by atoms with Crippen molar-refractivity contribution >= 4 is 34.1 Å². The van der Waals surface area contributed by atoms with Crippen molar-refractivity contribution in [1.82, 2.24) is 14.6 Å². The maximum absolute atomic E-state index is 12.7. The lowest BCUT2D eigenvalue weighted by Crippen LogP contribution is -2.17. The van der Waals surface area contributed by atoms with Gasteiger partial charge in [-0.15, -0.1) is 16.4 Å². The van der Waals surface area contributed by atoms with Crippen molar-refractivity contribution in [2.24, 2.45) is 0 Å². The molecule has 0 unspecified atom stereocenters. The number of benzene rings is 2. The van der Waals surface area contributed by atoms with Gasteiger partial charge < -0.3 is 9.47 Å². The standard InChI is InChI=1S/C20H16N4O4S/c1-27-13-9-7-12(8-10-13)16-11-29-20-22-19(23-24(16)20)21-17(25)14-5-3-4-6-15(14)18(26)28-2/h3-11H,1-2H3,(H,21,23,25). The highest BCUT2D eigenvalue weighted by Gasteiger charge is 2.19. The first-order chi connectivity index (χ1) is 14.1. The highest BCUT2D eigenvalue weighted by Crippen LogP contribution is 2.27. The second-order valence-corrected chi connectivity index (χ2v) is 6.81. The fraction of sp³-hybridized carbons (Fsp3) is 0.100. The number of fused-ring (bicyclic) bond motifs is 1. The van der Waals surface area contributed by atoms with Crippen LogP contribution in [0, 0.1) is 0 Å². The molecule has 8 nitrogen and oxygen atoms in total. The summed E-state index contributed by atoms with van der Waals surface area (Å²) >= 11 is 1.41.